The average Bonchev–Trinajstić information content (AvgIpc) is 2.56. The number of likely N-dealkylation sites (N-methyl/N-ethyl adjacent to an activating group) is 2. The number of carboxylic acid groups (broad SMARTS) is 1. The minimum Gasteiger partial charge on any atom is -0.494 e. The smallest absolute Gasteiger partial charge is 0.304 e. The van der Waals surface area contributed by atoms with Gasteiger partial charge in [-0.1, -0.05) is 39.8 Å². The summed E-state index contributed by atoms with van der Waals surface area (Å²) in [4.78, 5) is 14.8. The molecule has 0 spiro atoms. The van der Waals surface area contributed by atoms with E-state index in [1.807, 2.05) is 44.1 Å². The molecule has 0 unspecified atom stereocenters. The fourth-order valence-electron chi connectivity index (χ4n) is 2.56. The normalized spacial score (nSPS) is 12.7. The van der Waals surface area contributed by atoms with Crippen LogP contribution in [0.15, 0.2) is 36.3 Å². The Labute approximate surface area is 160 Å². The lowest BCUT2D eigenvalue weighted by Crippen LogP contribution is -2.31. The predicted octanol–water partition coefficient (Wildman–Crippen LogP) is 4.14. The van der Waals surface area contributed by atoms with Crippen LogP contribution in [-0.2, 0) is 9.53 Å². The van der Waals surface area contributed by atoms with Crippen LogP contribution in [0, 0.1) is 5.41 Å². The van der Waals surface area contributed by atoms with Crippen molar-refractivity contribution in [3.05, 3.63) is 36.3 Å². The molecule has 0 aromatic rings. The second-order valence-corrected chi connectivity index (χ2v) is 7.58. The lowest BCUT2D eigenvalue weighted by Gasteiger charge is -2.25. The van der Waals surface area contributed by atoms with E-state index >= 15 is 0 Å². The number of aliphatic carboxylic acids is 1. The van der Waals surface area contributed by atoms with Crippen LogP contribution in [0.4, 0.5) is 0 Å². The van der Waals surface area contributed by atoms with Gasteiger partial charge in [-0.2, -0.15) is 0 Å². The van der Waals surface area contributed by atoms with Gasteiger partial charge in [0, 0.05) is 32.4 Å². The van der Waals surface area contributed by atoms with E-state index in [1.54, 1.807) is 0 Å². The van der Waals surface area contributed by atoms with Gasteiger partial charge in [0.1, 0.15) is 5.76 Å². The molecule has 26 heavy (non-hydrogen) atoms. The standard InChI is InChI=1S/C21H38N2O3/c1-8-13-21(4,5)17-26-18(3)10-11-19(9-2)23(7)16-15-22(6)14-12-20(24)25/h9-11H,3,8,12-17H2,1-2,4-7H3,(H,24,25). The summed E-state index contributed by atoms with van der Waals surface area (Å²) < 4.78 is 5.80. The Bertz CT molecular complexity index is 495. The number of rotatable bonds is 14. The second kappa shape index (κ2) is 12.6. The van der Waals surface area contributed by atoms with Gasteiger partial charge in [0.15, 0.2) is 0 Å². The Hall–Kier alpha value is -1.75. The molecule has 0 rings (SSSR count). The molecule has 0 aromatic carbocycles. The zero-order valence-electron chi connectivity index (χ0n) is 17.5. The van der Waals surface area contributed by atoms with Crippen LogP contribution in [0.3, 0.4) is 0 Å². The molecule has 1 N–H and O–H groups in total. The van der Waals surface area contributed by atoms with Crippen LogP contribution in [0.2, 0.25) is 0 Å². The summed E-state index contributed by atoms with van der Waals surface area (Å²) in [5, 5.41) is 8.74. The zero-order chi connectivity index (χ0) is 20.2. The SMILES string of the molecule is C=C(C=CC(=CC)N(C)CCN(C)CCC(=O)O)OCC(C)(C)CCC. The van der Waals surface area contributed by atoms with Gasteiger partial charge in [-0.25, -0.2) is 0 Å². The van der Waals surface area contributed by atoms with Gasteiger partial charge in [-0.3, -0.25) is 4.79 Å². The Morgan fingerprint density at radius 2 is 1.85 bits per heavy atom. The van der Waals surface area contributed by atoms with E-state index in [-0.39, 0.29) is 11.8 Å². The van der Waals surface area contributed by atoms with Gasteiger partial charge in [0.25, 0.3) is 0 Å². The van der Waals surface area contributed by atoms with E-state index in [2.05, 4.69) is 32.3 Å². The van der Waals surface area contributed by atoms with Gasteiger partial charge in [0.2, 0.25) is 0 Å². The highest BCUT2D eigenvalue weighted by Gasteiger charge is 2.17. The van der Waals surface area contributed by atoms with Crippen molar-refractivity contribution in [3.8, 4) is 0 Å². The first kappa shape index (κ1) is 24.2. The number of ether oxygens (including phenoxy) is 1. The van der Waals surface area contributed by atoms with E-state index < -0.39 is 5.97 Å². The number of carboxylic acids is 1. The van der Waals surface area contributed by atoms with Crippen molar-refractivity contribution in [2.75, 3.05) is 40.3 Å². The third-order valence-electron chi connectivity index (χ3n) is 4.28. The Balaban J connectivity index is 4.40. The topological polar surface area (TPSA) is 53.0 Å². The number of hydrogen-bond acceptors (Lipinski definition) is 4. The minimum atomic E-state index is -0.761. The number of allylic oxidation sites excluding steroid dienone is 3. The minimum absolute atomic E-state index is 0.159. The summed E-state index contributed by atoms with van der Waals surface area (Å²) in [6.07, 6.45) is 8.40. The van der Waals surface area contributed by atoms with Crippen molar-refractivity contribution < 1.29 is 14.6 Å². The Morgan fingerprint density at radius 3 is 2.38 bits per heavy atom. The third kappa shape index (κ3) is 11.7. The quantitative estimate of drug-likeness (QED) is 0.370. The molecule has 0 bridgehead atoms. The number of nitrogens with zero attached hydrogens (tertiary/aromatic N) is 2. The summed E-state index contributed by atoms with van der Waals surface area (Å²) in [6.45, 7) is 15.4. The molecule has 0 aromatic heterocycles. The first-order valence-electron chi connectivity index (χ1n) is 9.39. The van der Waals surface area contributed by atoms with Crippen LogP contribution >= 0.6 is 0 Å². The molecular weight excluding hydrogens is 328 g/mol. The fourth-order valence-corrected chi connectivity index (χ4v) is 2.56. The fraction of sp³-hybridized carbons (Fsp3) is 0.667. The summed E-state index contributed by atoms with van der Waals surface area (Å²) >= 11 is 0. The lowest BCUT2D eigenvalue weighted by atomic mass is 9.89. The van der Waals surface area contributed by atoms with Crippen molar-refractivity contribution in [2.24, 2.45) is 5.41 Å². The summed E-state index contributed by atoms with van der Waals surface area (Å²) in [5.74, 6) is -0.0941. The maximum atomic E-state index is 10.6. The highest BCUT2D eigenvalue weighted by molar-refractivity contribution is 5.66. The van der Waals surface area contributed by atoms with Crippen LogP contribution in [-0.4, -0.2) is 61.2 Å². The van der Waals surface area contributed by atoms with Gasteiger partial charge < -0.3 is 19.6 Å². The molecule has 5 heteroatoms. The van der Waals surface area contributed by atoms with Gasteiger partial charge >= 0.3 is 5.97 Å². The molecule has 0 amide bonds. The van der Waals surface area contributed by atoms with Crippen LogP contribution in [0.25, 0.3) is 0 Å². The zero-order valence-corrected chi connectivity index (χ0v) is 17.5. The molecule has 0 aliphatic heterocycles. The van der Waals surface area contributed by atoms with Gasteiger partial charge in [0.05, 0.1) is 13.0 Å². The third-order valence-corrected chi connectivity index (χ3v) is 4.28. The van der Waals surface area contributed by atoms with Gasteiger partial charge in [-0.15, -0.1) is 0 Å². The highest BCUT2D eigenvalue weighted by atomic mass is 16.5. The molecule has 0 heterocycles. The molecule has 0 aliphatic carbocycles. The summed E-state index contributed by atoms with van der Waals surface area (Å²) in [5.41, 5.74) is 1.24. The van der Waals surface area contributed by atoms with Crippen molar-refractivity contribution in [1.82, 2.24) is 9.80 Å². The van der Waals surface area contributed by atoms with Crippen molar-refractivity contribution >= 4 is 5.97 Å². The van der Waals surface area contributed by atoms with E-state index in [0.29, 0.717) is 18.9 Å². The second-order valence-electron chi connectivity index (χ2n) is 7.58. The Morgan fingerprint density at radius 1 is 1.19 bits per heavy atom. The summed E-state index contributed by atoms with van der Waals surface area (Å²) in [7, 11) is 3.97. The van der Waals surface area contributed by atoms with E-state index in [9.17, 15) is 4.79 Å². The average molecular weight is 367 g/mol. The van der Waals surface area contributed by atoms with Crippen LogP contribution in [0.1, 0.15) is 47.0 Å². The van der Waals surface area contributed by atoms with E-state index in [0.717, 1.165) is 31.6 Å². The van der Waals surface area contributed by atoms with Crippen LogP contribution in [0.5, 0.6) is 0 Å². The molecule has 0 atom stereocenters. The molecule has 0 saturated heterocycles. The monoisotopic (exact) mass is 366 g/mol. The molecular formula is C21H38N2O3. The molecule has 5 nitrogen and oxygen atoms in total. The Kier molecular flexibility index (Phi) is 11.7. The largest absolute Gasteiger partial charge is 0.494 e. The molecule has 0 saturated carbocycles. The summed E-state index contributed by atoms with van der Waals surface area (Å²) in [6, 6.07) is 0. The van der Waals surface area contributed by atoms with E-state index in [1.165, 1.54) is 0 Å². The van der Waals surface area contributed by atoms with Gasteiger partial charge in [-0.05, 0) is 38.0 Å². The maximum absolute atomic E-state index is 10.6. The number of carbonyl (C=O) groups is 1. The molecule has 0 radical (unpaired) electrons. The molecule has 150 valence electrons. The lowest BCUT2D eigenvalue weighted by molar-refractivity contribution is -0.137. The van der Waals surface area contributed by atoms with Crippen molar-refractivity contribution in [3.63, 3.8) is 0 Å². The molecule has 0 aliphatic rings. The first-order chi connectivity index (χ1) is 12.1. The predicted molar refractivity (Wildman–Crippen MR) is 109 cm³/mol. The first-order valence-corrected chi connectivity index (χ1v) is 9.39. The highest BCUT2D eigenvalue weighted by Crippen LogP contribution is 2.23. The van der Waals surface area contributed by atoms with E-state index in [4.69, 9.17) is 9.84 Å². The van der Waals surface area contributed by atoms with Crippen molar-refractivity contribution in [1.29, 1.82) is 0 Å². The maximum Gasteiger partial charge on any atom is 0.304 e. The number of hydrogen-bond donors (Lipinski definition) is 1. The molecule has 0 fully saturated rings. The van der Waals surface area contributed by atoms with Crippen LogP contribution < -0.4 is 0 Å². The van der Waals surface area contributed by atoms with Crippen molar-refractivity contribution in [2.45, 2.75) is 47.0 Å².